The number of aromatic nitrogens is 1. The Balaban J connectivity index is 1.27. The van der Waals surface area contributed by atoms with E-state index in [1.807, 2.05) is 48.5 Å². The number of benzene rings is 2. The largest absolute Gasteiger partial charge is 0.461 e. The number of amides is 2. The number of aryl methyl sites for hydroxylation is 1. The highest BCUT2D eigenvalue weighted by Crippen LogP contribution is 2.38. The van der Waals surface area contributed by atoms with Gasteiger partial charge in [-0.15, -0.1) is 0 Å². The fraction of sp³-hybridized carbons (Fsp3) is 0.541. The van der Waals surface area contributed by atoms with Gasteiger partial charge in [-0.1, -0.05) is 30.3 Å². The van der Waals surface area contributed by atoms with E-state index in [0.717, 1.165) is 29.3 Å². The molecule has 0 spiro atoms. The van der Waals surface area contributed by atoms with Crippen LogP contribution in [0.4, 0.5) is 10.1 Å². The van der Waals surface area contributed by atoms with Crippen LogP contribution in [0.15, 0.2) is 54.6 Å². The number of esters is 1. The lowest BCUT2D eigenvalue weighted by Gasteiger charge is -2.35. The highest BCUT2D eigenvalue weighted by molar-refractivity contribution is 6.01. The molecule has 5 rings (SSSR count). The van der Waals surface area contributed by atoms with Crippen molar-refractivity contribution >= 4 is 34.4 Å². The number of hydrogen-bond donors (Lipinski definition) is 2. The highest BCUT2D eigenvalue weighted by atomic mass is 19.1. The average molecular weight is 665 g/mol. The van der Waals surface area contributed by atoms with E-state index in [9.17, 15) is 18.8 Å². The van der Waals surface area contributed by atoms with Crippen molar-refractivity contribution in [3.8, 4) is 0 Å². The van der Waals surface area contributed by atoms with Crippen LogP contribution < -0.4 is 11.1 Å². The fourth-order valence-corrected chi connectivity index (χ4v) is 7.29. The van der Waals surface area contributed by atoms with Gasteiger partial charge in [-0.2, -0.15) is 0 Å². The number of nitrogens with zero attached hydrogens (tertiary/aromatic N) is 2. The molecule has 1 saturated heterocycles. The summed E-state index contributed by atoms with van der Waals surface area (Å²) in [5.41, 5.74) is 9.04. The van der Waals surface area contributed by atoms with Crippen LogP contribution in [0.2, 0.25) is 0 Å². The van der Waals surface area contributed by atoms with E-state index in [-0.39, 0.29) is 42.2 Å². The molecule has 2 amide bonds. The molecular weight excluding hydrogens is 615 g/mol. The van der Waals surface area contributed by atoms with Crippen molar-refractivity contribution in [1.82, 2.24) is 9.47 Å². The molecule has 2 fully saturated rings. The molecule has 0 unspecified atom stereocenters. The SMILES string of the molecule is COCCOCCCOC(=O)c1cc2cc(NC(=O)[C@@H]3[C@@H](c4ccccc4)CCN3C(=O)C3CCC([C@H](N)CCF)CC3)ccc2n1C. The second-order valence-corrected chi connectivity index (χ2v) is 13.0. The zero-order chi connectivity index (χ0) is 34.0. The number of fused-ring (bicyclic) bond motifs is 1. The predicted molar refractivity (Wildman–Crippen MR) is 182 cm³/mol. The first-order chi connectivity index (χ1) is 23.3. The summed E-state index contributed by atoms with van der Waals surface area (Å²) in [5.74, 6) is -0.756. The lowest BCUT2D eigenvalue weighted by molar-refractivity contribution is -0.141. The maximum atomic E-state index is 14.1. The van der Waals surface area contributed by atoms with Gasteiger partial charge in [0.25, 0.3) is 0 Å². The Hall–Kier alpha value is -3.80. The summed E-state index contributed by atoms with van der Waals surface area (Å²) in [5, 5.41) is 3.87. The van der Waals surface area contributed by atoms with E-state index in [1.54, 1.807) is 29.7 Å². The van der Waals surface area contributed by atoms with E-state index in [4.69, 9.17) is 19.9 Å². The van der Waals surface area contributed by atoms with Crippen molar-refractivity contribution in [2.24, 2.45) is 24.6 Å². The van der Waals surface area contributed by atoms with Gasteiger partial charge in [0.15, 0.2) is 0 Å². The summed E-state index contributed by atoms with van der Waals surface area (Å²) in [4.78, 5) is 42.7. The molecule has 1 aliphatic heterocycles. The van der Waals surface area contributed by atoms with Crippen molar-refractivity contribution in [2.75, 3.05) is 52.1 Å². The molecule has 3 N–H and O–H groups in total. The lowest BCUT2D eigenvalue weighted by atomic mass is 9.77. The van der Waals surface area contributed by atoms with Gasteiger partial charge in [0, 0.05) is 68.2 Å². The maximum Gasteiger partial charge on any atom is 0.354 e. The van der Waals surface area contributed by atoms with Crippen LogP contribution in [0.25, 0.3) is 10.9 Å². The molecule has 2 heterocycles. The lowest BCUT2D eigenvalue weighted by Crippen LogP contribution is -2.48. The molecule has 1 saturated carbocycles. The molecule has 11 heteroatoms. The smallest absolute Gasteiger partial charge is 0.354 e. The van der Waals surface area contributed by atoms with Gasteiger partial charge in [-0.05, 0) is 74.3 Å². The summed E-state index contributed by atoms with van der Waals surface area (Å²) in [7, 11) is 3.42. The third kappa shape index (κ3) is 8.43. The summed E-state index contributed by atoms with van der Waals surface area (Å²) in [6, 6.07) is 16.3. The molecule has 260 valence electrons. The average Bonchev–Trinajstić information content (AvgIpc) is 3.69. The summed E-state index contributed by atoms with van der Waals surface area (Å²) < 4.78 is 30.5. The van der Waals surface area contributed by atoms with Crippen LogP contribution in [0.5, 0.6) is 0 Å². The number of hydrogen-bond acceptors (Lipinski definition) is 7. The Morgan fingerprint density at radius 2 is 1.75 bits per heavy atom. The number of rotatable bonds is 15. The van der Waals surface area contributed by atoms with Gasteiger partial charge in [-0.3, -0.25) is 14.0 Å². The monoisotopic (exact) mass is 664 g/mol. The van der Waals surface area contributed by atoms with Gasteiger partial charge in [0.2, 0.25) is 11.8 Å². The first-order valence-electron chi connectivity index (χ1n) is 17.1. The molecule has 1 aromatic heterocycles. The Morgan fingerprint density at radius 3 is 2.48 bits per heavy atom. The Bertz CT molecular complexity index is 1520. The number of methoxy groups -OCH3 is 1. The molecule has 2 aromatic carbocycles. The molecule has 0 bridgehead atoms. The molecular formula is C37H49FN4O6. The van der Waals surface area contributed by atoms with Gasteiger partial charge in [-0.25, -0.2) is 4.79 Å². The maximum absolute atomic E-state index is 14.1. The first kappa shape index (κ1) is 35.5. The fourth-order valence-electron chi connectivity index (χ4n) is 7.29. The number of ether oxygens (including phenoxy) is 3. The van der Waals surface area contributed by atoms with Gasteiger partial charge in [0.05, 0.1) is 26.5 Å². The molecule has 1 aliphatic carbocycles. The quantitative estimate of drug-likeness (QED) is 0.169. The van der Waals surface area contributed by atoms with Crippen LogP contribution in [0.3, 0.4) is 0 Å². The Labute approximate surface area is 282 Å². The van der Waals surface area contributed by atoms with Crippen molar-refractivity contribution in [1.29, 1.82) is 0 Å². The third-order valence-electron chi connectivity index (χ3n) is 9.96. The van der Waals surface area contributed by atoms with Crippen LogP contribution in [-0.4, -0.2) is 86.1 Å². The number of carbonyl (C=O) groups is 3. The van der Waals surface area contributed by atoms with Crippen LogP contribution in [0, 0.1) is 11.8 Å². The minimum atomic E-state index is -0.665. The molecule has 0 radical (unpaired) electrons. The zero-order valence-electron chi connectivity index (χ0n) is 28.1. The standard InChI is InChI=1S/C37H49FN4O6/c1-41-32-14-13-29(23-28(32)24-33(41)37(45)48-20-6-19-47-22-21-46-2)40-35(43)34-30(25-7-4-3-5-8-25)16-18-42(34)36(44)27-11-9-26(10-12-27)31(39)15-17-38/h3-5,7-8,13-14,23-24,26-27,30-31,34H,6,9-12,15-22,39H2,1-2H3,(H,40,43)/t26?,27?,30-,31-,34+/m1/s1. The summed E-state index contributed by atoms with van der Waals surface area (Å²) >= 11 is 0. The highest BCUT2D eigenvalue weighted by Gasteiger charge is 2.44. The predicted octanol–water partition coefficient (Wildman–Crippen LogP) is 5.20. The van der Waals surface area contributed by atoms with Gasteiger partial charge >= 0.3 is 5.97 Å². The zero-order valence-corrected chi connectivity index (χ0v) is 28.1. The van der Waals surface area contributed by atoms with E-state index >= 15 is 0 Å². The van der Waals surface area contributed by atoms with E-state index in [2.05, 4.69) is 5.32 Å². The molecule has 3 aromatic rings. The van der Waals surface area contributed by atoms with E-state index in [1.165, 1.54) is 0 Å². The van der Waals surface area contributed by atoms with E-state index in [0.29, 0.717) is 69.9 Å². The topological polar surface area (TPSA) is 125 Å². The number of carbonyl (C=O) groups excluding carboxylic acids is 3. The Morgan fingerprint density at radius 1 is 0.979 bits per heavy atom. The minimum Gasteiger partial charge on any atom is -0.461 e. The molecule has 48 heavy (non-hydrogen) atoms. The van der Waals surface area contributed by atoms with Crippen LogP contribution in [-0.2, 0) is 30.8 Å². The normalized spacial score (nSPS) is 21.7. The minimum absolute atomic E-state index is 0.00861. The second kappa shape index (κ2) is 17.0. The molecule has 10 nitrogen and oxygen atoms in total. The third-order valence-corrected chi connectivity index (χ3v) is 9.96. The number of halogens is 1. The van der Waals surface area contributed by atoms with E-state index < -0.39 is 18.7 Å². The van der Waals surface area contributed by atoms with Crippen LogP contribution >= 0.6 is 0 Å². The number of anilines is 1. The number of likely N-dealkylation sites (tertiary alicyclic amines) is 1. The summed E-state index contributed by atoms with van der Waals surface area (Å²) in [6.07, 6.45) is 4.59. The molecule has 2 aliphatic rings. The molecule has 3 atom stereocenters. The van der Waals surface area contributed by atoms with Crippen molar-refractivity contribution < 1.29 is 33.0 Å². The summed E-state index contributed by atoms with van der Waals surface area (Å²) in [6.45, 7) is 1.80. The van der Waals surface area contributed by atoms with Crippen molar-refractivity contribution in [3.63, 3.8) is 0 Å². The number of nitrogens with one attached hydrogen (secondary N) is 1. The van der Waals surface area contributed by atoms with Crippen molar-refractivity contribution in [2.45, 2.75) is 62.9 Å². The van der Waals surface area contributed by atoms with Gasteiger partial charge < -0.3 is 34.7 Å². The first-order valence-corrected chi connectivity index (χ1v) is 17.1. The Kier molecular flexibility index (Phi) is 12.6. The number of nitrogens with two attached hydrogens (primary N) is 1. The van der Waals surface area contributed by atoms with Crippen LogP contribution in [0.1, 0.15) is 66.9 Å². The van der Waals surface area contributed by atoms with Gasteiger partial charge in [0.1, 0.15) is 11.7 Å². The van der Waals surface area contributed by atoms with Crippen molar-refractivity contribution in [3.05, 3.63) is 65.9 Å². The number of alkyl halides is 1. The second-order valence-electron chi connectivity index (χ2n) is 13.0.